The Kier molecular flexibility index (Phi) is 8.41. The lowest BCUT2D eigenvalue weighted by Crippen LogP contribution is -2.15. The number of hydrogen-bond acceptors (Lipinski definition) is 7. The van der Waals surface area contributed by atoms with Crippen LogP contribution in [0.2, 0.25) is 5.02 Å². The third-order valence-electron chi connectivity index (χ3n) is 4.30. The second-order valence-electron chi connectivity index (χ2n) is 6.42. The van der Waals surface area contributed by atoms with Gasteiger partial charge in [-0.1, -0.05) is 41.6 Å². The molecule has 3 rings (SSSR count). The smallest absolute Gasteiger partial charge is 0.234 e. The highest BCUT2D eigenvalue weighted by atomic mass is 35.5. The van der Waals surface area contributed by atoms with Crippen molar-refractivity contribution in [1.29, 1.82) is 0 Å². The molecule has 0 saturated carbocycles. The second-order valence-corrected chi connectivity index (χ2v) is 7.80. The molecule has 1 N–H and O–H groups in total. The normalized spacial score (nSPS) is 10.5. The van der Waals surface area contributed by atoms with Gasteiger partial charge in [0.25, 0.3) is 0 Å². The predicted octanol–water partition coefficient (Wildman–Crippen LogP) is 4.44. The van der Waals surface area contributed by atoms with E-state index in [0.29, 0.717) is 45.5 Å². The minimum absolute atomic E-state index is 0.123. The number of hydrogen-bond donors (Lipinski definition) is 1. The van der Waals surface area contributed by atoms with Crippen LogP contribution in [0.1, 0.15) is 5.82 Å². The maximum atomic E-state index is 12.5. The van der Waals surface area contributed by atoms with Crippen molar-refractivity contribution >= 4 is 35.0 Å². The number of nitrogens with zero attached hydrogens (tertiary/aromatic N) is 3. The van der Waals surface area contributed by atoms with Gasteiger partial charge in [-0.2, -0.15) is 0 Å². The number of halogens is 1. The van der Waals surface area contributed by atoms with E-state index in [9.17, 15) is 4.79 Å². The molecule has 0 spiro atoms. The quantitative estimate of drug-likeness (QED) is 0.324. The summed E-state index contributed by atoms with van der Waals surface area (Å²) < 4.78 is 18.3. The lowest BCUT2D eigenvalue weighted by atomic mass is 10.3. The minimum Gasteiger partial charge on any atom is -0.495 e. The average Bonchev–Trinajstić information content (AvgIpc) is 3.18. The van der Waals surface area contributed by atoms with Gasteiger partial charge in [-0.25, -0.2) is 0 Å². The Labute approximate surface area is 195 Å². The van der Waals surface area contributed by atoms with Crippen molar-refractivity contribution in [1.82, 2.24) is 14.8 Å². The van der Waals surface area contributed by atoms with Crippen LogP contribution >= 0.6 is 23.4 Å². The van der Waals surface area contributed by atoms with E-state index in [1.807, 2.05) is 28.8 Å². The molecule has 168 valence electrons. The Hall–Kier alpha value is -3.17. The SMILES string of the molecule is C=CCn1c(COc2ccccc2OC)nnc1SCC(=O)Nc1cc(Cl)ccc1OC. The van der Waals surface area contributed by atoms with E-state index in [1.54, 1.807) is 31.4 Å². The van der Waals surface area contributed by atoms with Gasteiger partial charge >= 0.3 is 0 Å². The van der Waals surface area contributed by atoms with Crippen molar-refractivity contribution in [2.75, 3.05) is 25.3 Å². The molecule has 0 atom stereocenters. The van der Waals surface area contributed by atoms with Crippen molar-refractivity contribution < 1.29 is 19.0 Å². The van der Waals surface area contributed by atoms with Gasteiger partial charge in [-0.05, 0) is 30.3 Å². The maximum absolute atomic E-state index is 12.5. The van der Waals surface area contributed by atoms with Crippen molar-refractivity contribution in [2.45, 2.75) is 18.3 Å². The average molecular weight is 475 g/mol. The molecule has 1 aromatic heterocycles. The standard InChI is InChI=1S/C22H23ClN4O4S/c1-4-11-27-20(13-31-19-8-6-5-7-18(19)30-3)25-26-22(27)32-14-21(28)24-16-12-15(23)9-10-17(16)29-2/h4-10,12H,1,11,13-14H2,2-3H3,(H,24,28). The number of para-hydroxylation sites is 2. The van der Waals surface area contributed by atoms with Crippen LogP contribution in [0.4, 0.5) is 5.69 Å². The summed E-state index contributed by atoms with van der Waals surface area (Å²) in [6.07, 6.45) is 1.73. The van der Waals surface area contributed by atoms with Crippen LogP contribution in [0.25, 0.3) is 0 Å². The zero-order valence-electron chi connectivity index (χ0n) is 17.7. The van der Waals surface area contributed by atoms with E-state index in [4.69, 9.17) is 25.8 Å². The molecule has 3 aromatic rings. The first-order valence-electron chi connectivity index (χ1n) is 9.60. The summed E-state index contributed by atoms with van der Waals surface area (Å²) in [6, 6.07) is 12.4. The van der Waals surface area contributed by atoms with Gasteiger partial charge in [0.15, 0.2) is 22.5 Å². The van der Waals surface area contributed by atoms with Crippen molar-refractivity contribution in [3.05, 3.63) is 66.0 Å². The number of allylic oxidation sites excluding steroid dienone is 1. The molecule has 0 radical (unpaired) electrons. The molecule has 2 aromatic carbocycles. The summed E-state index contributed by atoms with van der Waals surface area (Å²) in [5.74, 6) is 2.26. The van der Waals surface area contributed by atoms with E-state index in [-0.39, 0.29) is 18.3 Å². The Morgan fingerprint density at radius 1 is 1.16 bits per heavy atom. The number of carbonyl (C=O) groups is 1. The van der Waals surface area contributed by atoms with Crippen LogP contribution in [0.5, 0.6) is 17.2 Å². The van der Waals surface area contributed by atoms with Crippen molar-refractivity contribution in [3.63, 3.8) is 0 Å². The Morgan fingerprint density at radius 3 is 2.62 bits per heavy atom. The molecule has 0 bridgehead atoms. The fourth-order valence-electron chi connectivity index (χ4n) is 2.82. The van der Waals surface area contributed by atoms with Crippen LogP contribution in [-0.2, 0) is 17.9 Å². The number of anilines is 1. The Balaban J connectivity index is 1.65. The molecule has 0 unspecified atom stereocenters. The summed E-state index contributed by atoms with van der Waals surface area (Å²) in [7, 11) is 3.11. The number of rotatable bonds is 11. The van der Waals surface area contributed by atoms with Crippen molar-refractivity contribution in [3.8, 4) is 17.2 Å². The second kappa shape index (κ2) is 11.4. The van der Waals surface area contributed by atoms with Crippen LogP contribution < -0.4 is 19.5 Å². The van der Waals surface area contributed by atoms with Gasteiger partial charge in [-0.15, -0.1) is 16.8 Å². The van der Waals surface area contributed by atoms with Gasteiger partial charge in [-0.3, -0.25) is 9.36 Å². The Morgan fingerprint density at radius 2 is 1.91 bits per heavy atom. The summed E-state index contributed by atoms with van der Waals surface area (Å²) in [5, 5.41) is 12.3. The number of methoxy groups -OCH3 is 2. The van der Waals surface area contributed by atoms with Crippen LogP contribution in [0.15, 0.2) is 60.3 Å². The number of ether oxygens (including phenoxy) is 3. The molecule has 8 nitrogen and oxygen atoms in total. The minimum atomic E-state index is -0.226. The van der Waals surface area contributed by atoms with E-state index in [2.05, 4.69) is 22.1 Å². The highest BCUT2D eigenvalue weighted by Crippen LogP contribution is 2.29. The molecule has 0 aliphatic rings. The predicted molar refractivity (Wildman–Crippen MR) is 125 cm³/mol. The summed E-state index contributed by atoms with van der Waals surface area (Å²) in [4.78, 5) is 12.5. The molecule has 10 heteroatoms. The molecule has 0 aliphatic heterocycles. The molecular formula is C22H23ClN4O4S. The van der Waals surface area contributed by atoms with Crippen LogP contribution in [0.3, 0.4) is 0 Å². The van der Waals surface area contributed by atoms with Crippen LogP contribution in [0, 0.1) is 0 Å². The molecule has 0 fully saturated rings. The third-order valence-corrected chi connectivity index (χ3v) is 5.50. The summed E-state index contributed by atoms with van der Waals surface area (Å²) >= 11 is 7.28. The zero-order chi connectivity index (χ0) is 22.9. The van der Waals surface area contributed by atoms with Gasteiger partial charge in [0.2, 0.25) is 5.91 Å². The van der Waals surface area contributed by atoms with E-state index in [0.717, 1.165) is 0 Å². The monoisotopic (exact) mass is 474 g/mol. The van der Waals surface area contributed by atoms with Gasteiger partial charge in [0.1, 0.15) is 12.4 Å². The number of aromatic nitrogens is 3. The number of benzene rings is 2. The van der Waals surface area contributed by atoms with Crippen molar-refractivity contribution in [2.24, 2.45) is 0 Å². The molecular weight excluding hydrogens is 452 g/mol. The first kappa shape index (κ1) is 23.5. The lowest BCUT2D eigenvalue weighted by molar-refractivity contribution is -0.113. The first-order valence-corrected chi connectivity index (χ1v) is 11.0. The Bertz CT molecular complexity index is 1090. The number of carbonyl (C=O) groups excluding carboxylic acids is 1. The van der Waals surface area contributed by atoms with E-state index in [1.165, 1.54) is 18.9 Å². The molecule has 0 aliphatic carbocycles. The van der Waals surface area contributed by atoms with E-state index < -0.39 is 0 Å². The number of amides is 1. The largest absolute Gasteiger partial charge is 0.495 e. The van der Waals surface area contributed by atoms with Gasteiger partial charge < -0.3 is 19.5 Å². The fourth-order valence-corrected chi connectivity index (χ4v) is 3.76. The van der Waals surface area contributed by atoms with Gasteiger partial charge in [0.05, 0.1) is 25.7 Å². The summed E-state index contributed by atoms with van der Waals surface area (Å²) in [5.41, 5.74) is 0.504. The lowest BCUT2D eigenvalue weighted by Gasteiger charge is -2.12. The van der Waals surface area contributed by atoms with E-state index >= 15 is 0 Å². The van der Waals surface area contributed by atoms with Gasteiger partial charge in [0, 0.05) is 11.6 Å². The molecule has 0 saturated heterocycles. The maximum Gasteiger partial charge on any atom is 0.234 e. The topological polar surface area (TPSA) is 87.5 Å². The zero-order valence-corrected chi connectivity index (χ0v) is 19.3. The number of nitrogens with one attached hydrogen (secondary N) is 1. The molecule has 1 heterocycles. The summed E-state index contributed by atoms with van der Waals surface area (Å²) in [6.45, 7) is 4.45. The number of thioether (sulfide) groups is 1. The third kappa shape index (κ3) is 5.95. The highest BCUT2D eigenvalue weighted by molar-refractivity contribution is 7.99. The first-order chi connectivity index (χ1) is 15.5. The molecule has 32 heavy (non-hydrogen) atoms. The fraction of sp³-hybridized carbons (Fsp3) is 0.227. The molecule has 1 amide bonds. The van der Waals surface area contributed by atoms with Crippen LogP contribution in [-0.4, -0.2) is 40.6 Å². The highest BCUT2D eigenvalue weighted by Gasteiger charge is 2.16.